The van der Waals surface area contributed by atoms with Crippen molar-refractivity contribution in [2.75, 3.05) is 24.5 Å². The van der Waals surface area contributed by atoms with Crippen LogP contribution in [-0.4, -0.2) is 49.8 Å². The zero-order chi connectivity index (χ0) is 25.3. The van der Waals surface area contributed by atoms with E-state index in [1.165, 1.54) is 56.2 Å². The van der Waals surface area contributed by atoms with Crippen molar-refractivity contribution in [1.29, 1.82) is 0 Å². The summed E-state index contributed by atoms with van der Waals surface area (Å²) in [6.07, 6.45) is 16.9. The highest BCUT2D eigenvalue weighted by atomic mass is 15.1. The first-order valence-corrected chi connectivity index (χ1v) is 14.0. The molecule has 0 unspecified atom stereocenters. The molecule has 2 aliphatic rings. The van der Waals surface area contributed by atoms with Crippen molar-refractivity contribution in [3.63, 3.8) is 0 Å². The van der Waals surface area contributed by atoms with Gasteiger partial charge in [0.25, 0.3) is 0 Å². The molecular weight excluding hydrogens is 472 g/mol. The maximum atomic E-state index is 4.73. The van der Waals surface area contributed by atoms with Crippen molar-refractivity contribution in [3.8, 4) is 22.6 Å². The summed E-state index contributed by atoms with van der Waals surface area (Å²) >= 11 is 0. The van der Waals surface area contributed by atoms with E-state index in [1.54, 1.807) is 0 Å². The zero-order valence-electron chi connectivity index (χ0n) is 21.7. The molecule has 0 spiro atoms. The zero-order valence-corrected chi connectivity index (χ0v) is 21.7. The second-order valence-corrected chi connectivity index (χ2v) is 10.9. The quantitative estimate of drug-likeness (QED) is 0.257. The summed E-state index contributed by atoms with van der Waals surface area (Å²) in [6.45, 7) is 4.12. The molecule has 3 N–H and O–H groups in total. The van der Waals surface area contributed by atoms with Crippen LogP contribution in [0.15, 0.2) is 49.1 Å². The monoisotopic (exact) mass is 506 g/mol. The Morgan fingerprint density at radius 1 is 0.921 bits per heavy atom. The van der Waals surface area contributed by atoms with Crippen molar-refractivity contribution in [3.05, 3.63) is 54.6 Å². The molecule has 38 heavy (non-hydrogen) atoms. The summed E-state index contributed by atoms with van der Waals surface area (Å²) < 4.78 is 0. The molecule has 1 saturated heterocycles. The standard InChI is InChI=1S/C30H34N8/c1-4-10-38(11-5-1)28-8-9-33-30-24(28)14-26(35-30)29-23-13-25(34-19-27(23)36-37-29)22-12-21(17-32-18-22)16-31-15-20-6-2-3-7-20/h8-9,12-14,17-20,31H,1-7,10-11,15-16H2,(H,33,35)(H,36,37). The highest BCUT2D eigenvalue weighted by Gasteiger charge is 2.19. The minimum atomic E-state index is 0.825. The van der Waals surface area contributed by atoms with E-state index < -0.39 is 0 Å². The third kappa shape index (κ3) is 4.53. The lowest BCUT2D eigenvalue weighted by Crippen LogP contribution is -2.29. The van der Waals surface area contributed by atoms with E-state index in [9.17, 15) is 0 Å². The van der Waals surface area contributed by atoms with E-state index >= 15 is 0 Å². The second kappa shape index (κ2) is 10.2. The number of hydrogen-bond acceptors (Lipinski definition) is 6. The van der Waals surface area contributed by atoms with Crippen LogP contribution >= 0.6 is 0 Å². The molecule has 0 radical (unpaired) electrons. The lowest BCUT2D eigenvalue weighted by molar-refractivity contribution is 0.489. The minimum absolute atomic E-state index is 0.825. The van der Waals surface area contributed by atoms with Crippen LogP contribution in [0.4, 0.5) is 5.69 Å². The summed E-state index contributed by atoms with van der Waals surface area (Å²) in [4.78, 5) is 19.9. The number of rotatable bonds is 7. The van der Waals surface area contributed by atoms with Gasteiger partial charge < -0.3 is 15.2 Å². The number of piperidine rings is 1. The van der Waals surface area contributed by atoms with E-state index in [4.69, 9.17) is 4.98 Å². The molecule has 2 fully saturated rings. The fourth-order valence-electron chi connectivity index (χ4n) is 6.19. The Morgan fingerprint density at radius 2 is 1.82 bits per heavy atom. The molecular formula is C30H34N8. The first kappa shape index (κ1) is 23.3. The smallest absolute Gasteiger partial charge is 0.139 e. The largest absolute Gasteiger partial charge is 0.371 e. The number of H-pyrrole nitrogens is 2. The van der Waals surface area contributed by atoms with Gasteiger partial charge in [-0.25, -0.2) is 4.98 Å². The van der Waals surface area contributed by atoms with Gasteiger partial charge in [-0.15, -0.1) is 0 Å². The van der Waals surface area contributed by atoms with Crippen molar-refractivity contribution >= 4 is 27.6 Å². The van der Waals surface area contributed by atoms with Crippen LogP contribution < -0.4 is 10.2 Å². The SMILES string of the molecule is c1cc(N2CCCCC2)c2cc(-c3n[nH]c4cnc(-c5cncc(CNCC6CCCC6)c5)cc34)[nH]c2n1. The summed E-state index contributed by atoms with van der Waals surface area (Å²) in [5.74, 6) is 0.825. The predicted molar refractivity (Wildman–Crippen MR) is 152 cm³/mol. The van der Waals surface area contributed by atoms with Crippen LogP contribution in [0.25, 0.3) is 44.6 Å². The van der Waals surface area contributed by atoms with Gasteiger partial charge in [0, 0.05) is 60.2 Å². The van der Waals surface area contributed by atoms with Crippen LogP contribution in [0.1, 0.15) is 50.5 Å². The molecule has 5 aromatic heterocycles. The Kier molecular flexibility index (Phi) is 6.25. The number of nitrogens with zero attached hydrogens (tertiary/aromatic N) is 5. The van der Waals surface area contributed by atoms with Crippen LogP contribution in [0.3, 0.4) is 0 Å². The van der Waals surface area contributed by atoms with Gasteiger partial charge in [0.05, 0.1) is 23.1 Å². The Morgan fingerprint density at radius 3 is 2.71 bits per heavy atom. The maximum absolute atomic E-state index is 4.73. The van der Waals surface area contributed by atoms with Gasteiger partial charge in [0.2, 0.25) is 0 Å². The molecule has 8 heteroatoms. The number of hydrogen-bond donors (Lipinski definition) is 3. The summed E-state index contributed by atoms with van der Waals surface area (Å²) in [7, 11) is 0. The maximum Gasteiger partial charge on any atom is 0.139 e. The molecule has 1 aliphatic carbocycles. The van der Waals surface area contributed by atoms with Crippen LogP contribution in [0, 0.1) is 5.92 Å². The van der Waals surface area contributed by atoms with Gasteiger partial charge in [0.15, 0.2) is 0 Å². The highest BCUT2D eigenvalue weighted by Crippen LogP contribution is 2.34. The molecule has 0 atom stereocenters. The molecule has 0 bridgehead atoms. The Hall–Kier alpha value is -3.78. The van der Waals surface area contributed by atoms with E-state index in [2.05, 4.69) is 59.6 Å². The van der Waals surface area contributed by atoms with Gasteiger partial charge in [0.1, 0.15) is 11.3 Å². The molecule has 0 amide bonds. The summed E-state index contributed by atoms with van der Waals surface area (Å²) in [6, 6.07) is 8.64. The van der Waals surface area contributed by atoms with Gasteiger partial charge in [-0.3, -0.25) is 15.1 Å². The molecule has 8 nitrogen and oxygen atoms in total. The number of pyridine rings is 3. The summed E-state index contributed by atoms with van der Waals surface area (Å²) in [5.41, 5.74) is 8.01. The third-order valence-electron chi connectivity index (χ3n) is 8.24. The molecule has 194 valence electrons. The summed E-state index contributed by atoms with van der Waals surface area (Å²) in [5, 5.41) is 13.6. The number of aromatic nitrogens is 6. The Labute approximate surface area is 222 Å². The average molecular weight is 507 g/mol. The van der Waals surface area contributed by atoms with Gasteiger partial charge >= 0.3 is 0 Å². The lowest BCUT2D eigenvalue weighted by atomic mass is 10.1. The second-order valence-electron chi connectivity index (χ2n) is 10.9. The van der Waals surface area contributed by atoms with Gasteiger partial charge in [-0.05, 0) is 74.4 Å². The lowest BCUT2D eigenvalue weighted by Gasteiger charge is -2.29. The van der Waals surface area contributed by atoms with Gasteiger partial charge in [-0.2, -0.15) is 5.10 Å². The van der Waals surface area contributed by atoms with E-state index in [0.29, 0.717) is 0 Å². The topological polar surface area (TPSA) is 98.4 Å². The molecule has 7 rings (SSSR count). The molecule has 1 saturated carbocycles. The first-order valence-electron chi connectivity index (χ1n) is 14.0. The van der Waals surface area contributed by atoms with Crippen LogP contribution in [0.5, 0.6) is 0 Å². The molecule has 5 aromatic rings. The number of anilines is 1. The van der Waals surface area contributed by atoms with Crippen LogP contribution in [-0.2, 0) is 6.54 Å². The first-order chi connectivity index (χ1) is 18.8. The van der Waals surface area contributed by atoms with Crippen molar-refractivity contribution in [1.82, 2.24) is 35.5 Å². The Balaban J connectivity index is 1.18. The predicted octanol–water partition coefficient (Wildman–Crippen LogP) is 5.83. The number of nitrogens with one attached hydrogen (secondary N) is 3. The van der Waals surface area contributed by atoms with Crippen molar-refractivity contribution < 1.29 is 0 Å². The third-order valence-corrected chi connectivity index (χ3v) is 8.24. The van der Waals surface area contributed by atoms with Gasteiger partial charge in [-0.1, -0.05) is 12.8 Å². The normalized spacial score (nSPS) is 16.7. The molecule has 6 heterocycles. The van der Waals surface area contributed by atoms with Crippen molar-refractivity contribution in [2.24, 2.45) is 5.92 Å². The highest BCUT2D eigenvalue weighted by molar-refractivity contribution is 5.99. The van der Waals surface area contributed by atoms with Crippen LogP contribution in [0.2, 0.25) is 0 Å². The fraction of sp³-hybridized carbons (Fsp3) is 0.400. The fourth-order valence-corrected chi connectivity index (χ4v) is 6.19. The van der Waals surface area contributed by atoms with E-state index in [0.717, 1.165) is 76.7 Å². The Bertz CT molecular complexity index is 1560. The number of fused-ring (bicyclic) bond motifs is 2. The average Bonchev–Trinajstić information content (AvgIpc) is 3.73. The number of aromatic amines is 2. The van der Waals surface area contributed by atoms with Crippen molar-refractivity contribution in [2.45, 2.75) is 51.5 Å². The molecule has 0 aromatic carbocycles. The van der Waals surface area contributed by atoms with E-state index in [1.807, 2.05) is 24.8 Å². The minimum Gasteiger partial charge on any atom is -0.371 e. The van der Waals surface area contributed by atoms with E-state index in [-0.39, 0.29) is 0 Å². The molecule has 1 aliphatic heterocycles.